The molecule has 1 aromatic heterocycles. The van der Waals surface area contributed by atoms with Gasteiger partial charge in [0.05, 0.1) is 27.9 Å². The average molecular weight is 280 g/mol. The second-order valence-electron chi connectivity index (χ2n) is 4.24. The second-order valence-corrected chi connectivity index (χ2v) is 5.69. The van der Waals surface area contributed by atoms with Gasteiger partial charge in [-0.1, -0.05) is 13.0 Å². The summed E-state index contributed by atoms with van der Waals surface area (Å²) in [6.45, 7) is 4.78. The summed E-state index contributed by atoms with van der Waals surface area (Å²) >= 11 is 0. The van der Waals surface area contributed by atoms with Gasteiger partial charge >= 0.3 is 0 Å². The van der Waals surface area contributed by atoms with Crippen LogP contribution in [-0.2, 0) is 29.5 Å². The first-order valence-corrected chi connectivity index (χ1v) is 7.65. The SMILES string of the molecule is CCc1cc(CS(=O)c2cccc(F)c2)n(CC)n1. The summed E-state index contributed by atoms with van der Waals surface area (Å²) in [6, 6.07) is 7.92. The average Bonchev–Trinajstić information content (AvgIpc) is 2.81. The number of benzene rings is 1. The Morgan fingerprint density at radius 2 is 2.11 bits per heavy atom. The number of nitrogens with zero attached hydrogens (tertiary/aromatic N) is 2. The van der Waals surface area contributed by atoms with Crippen molar-refractivity contribution < 1.29 is 8.60 Å². The zero-order valence-electron chi connectivity index (χ0n) is 11.1. The molecular weight excluding hydrogens is 263 g/mol. The molecule has 1 aromatic carbocycles. The predicted octanol–water partition coefficient (Wildman–Crippen LogP) is 2.91. The lowest BCUT2D eigenvalue weighted by Crippen LogP contribution is -2.06. The Balaban J connectivity index is 2.21. The van der Waals surface area contributed by atoms with Crippen LogP contribution in [0, 0.1) is 5.82 Å². The minimum absolute atomic E-state index is 0.357. The number of aryl methyl sites for hydroxylation is 2. The lowest BCUT2D eigenvalue weighted by molar-refractivity contribution is 0.619. The highest BCUT2D eigenvalue weighted by atomic mass is 32.2. The van der Waals surface area contributed by atoms with Crippen LogP contribution >= 0.6 is 0 Å². The van der Waals surface area contributed by atoms with E-state index in [0.717, 1.165) is 24.4 Å². The van der Waals surface area contributed by atoms with E-state index in [1.165, 1.54) is 12.1 Å². The Labute approximate surface area is 114 Å². The van der Waals surface area contributed by atoms with Crippen molar-refractivity contribution in [3.8, 4) is 0 Å². The molecule has 0 N–H and O–H groups in total. The smallest absolute Gasteiger partial charge is 0.124 e. The van der Waals surface area contributed by atoms with Crippen LogP contribution in [0.15, 0.2) is 35.2 Å². The van der Waals surface area contributed by atoms with Crippen molar-refractivity contribution >= 4 is 10.8 Å². The van der Waals surface area contributed by atoms with E-state index in [1.807, 2.05) is 24.6 Å². The summed E-state index contributed by atoms with van der Waals surface area (Å²) in [5.41, 5.74) is 1.93. The lowest BCUT2D eigenvalue weighted by atomic mass is 10.3. The Morgan fingerprint density at radius 3 is 2.74 bits per heavy atom. The van der Waals surface area contributed by atoms with E-state index >= 15 is 0 Å². The first-order chi connectivity index (χ1) is 9.13. The van der Waals surface area contributed by atoms with Gasteiger partial charge in [-0.25, -0.2) is 4.39 Å². The fourth-order valence-corrected chi connectivity index (χ4v) is 3.05. The van der Waals surface area contributed by atoms with Crippen LogP contribution in [0.25, 0.3) is 0 Å². The highest BCUT2D eigenvalue weighted by molar-refractivity contribution is 7.84. The fourth-order valence-electron chi connectivity index (χ4n) is 1.90. The van der Waals surface area contributed by atoms with Crippen molar-refractivity contribution in [3.05, 3.63) is 47.5 Å². The quantitative estimate of drug-likeness (QED) is 0.844. The highest BCUT2D eigenvalue weighted by Gasteiger charge is 2.11. The number of aromatic nitrogens is 2. The molecule has 0 saturated heterocycles. The minimum Gasteiger partial charge on any atom is -0.269 e. The molecule has 0 radical (unpaired) electrons. The van der Waals surface area contributed by atoms with E-state index in [4.69, 9.17) is 0 Å². The minimum atomic E-state index is -1.25. The maximum absolute atomic E-state index is 13.1. The van der Waals surface area contributed by atoms with Crippen LogP contribution < -0.4 is 0 Å². The molecule has 19 heavy (non-hydrogen) atoms. The van der Waals surface area contributed by atoms with Gasteiger partial charge in [0.1, 0.15) is 5.82 Å². The van der Waals surface area contributed by atoms with Gasteiger partial charge in [-0.05, 0) is 37.6 Å². The molecule has 0 amide bonds. The number of rotatable bonds is 5. The first kappa shape index (κ1) is 13.9. The third kappa shape index (κ3) is 3.29. The van der Waals surface area contributed by atoms with Crippen LogP contribution in [0.1, 0.15) is 25.2 Å². The van der Waals surface area contributed by atoms with Crippen molar-refractivity contribution in [1.29, 1.82) is 0 Å². The third-order valence-corrected chi connectivity index (χ3v) is 4.25. The number of halogens is 1. The Hall–Kier alpha value is -1.49. The molecule has 0 aliphatic carbocycles. The van der Waals surface area contributed by atoms with Gasteiger partial charge in [-0.2, -0.15) is 5.10 Å². The summed E-state index contributed by atoms with van der Waals surface area (Å²) < 4.78 is 27.2. The Kier molecular flexibility index (Phi) is 4.47. The van der Waals surface area contributed by atoms with E-state index in [2.05, 4.69) is 5.10 Å². The molecule has 0 saturated carbocycles. The van der Waals surface area contributed by atoms with Crippen molar-refractivity contribution in [1.82, 2.24) is 9.78 Å². The molecular formula is C14H17FN2OS. The number of hydrogen-bond donors (Lipinski definition) is 0. The molecule has 2 rings (SSSR count). The maximum Gasteiger partial charge on any atom is 0.124 e. The van der Waals surface area contributed by atoms with Gasteiger partial charge in [0.2, 0.25) is 0 Å². The molecule has 102 valence electrons. The van der Waals surface area contributed by atoms with Crippen LogP contribution in [0.4, 0.5) is 4.39 Å². The lowest BCUT2D eigenvalue weighted by Gasteiger charge is -2.05. The van der Waals surface area contributed by atoms with Crippen molar-refractivity contribution in [2.24, 2.45) is 0 Å². The summed E-state index contributed by atoms with van der Waals surface area (Å²) in [5.74, 6) is 0.00805. The van der Waals surface area contributed by atoms with E-state index in [9.17, 15) is 8.60 Å². The summed E-state index contributed by atoms with van der Waals surface area (Å²) in [4.78, 5) is 0.516. The number of hydrogen-bond acceptors (Lipinski definition) is 2. The van der Waals surface area contributed by atoms with E-state index < -0.39 is 10.8 Å². The van der Waals surface area contributed by atoms with Crippen LogP contribution in [0.5, 0.6) is 0 Å². The largest absolute Gasteiger partial charge is 0.269 e. The highest BCUT2D eigenvalue weighted by Crippen LogP contribution is 2.15. The zero-order chi connectivity index (χ0) is 13.8. The normalized spacial score (nSPS) is 12.6. The van der Waals surface area contributed by atoms with Crippen LogP contribution in [-0.4, -0.2) is 14.0 Å². The molecule has 1 heterocycles. The second kappa shape index (κ2) is 6.10. The third-order valence-electron chi connectivity index (χ3n) is 2.91. The van der Waals surface area contributed by atoms with E-state index in [-0.39, 0.29) is 5.82 Å². The molecule has 0 aliphatic heterocycles. The molecule has 0 fully saturated rings. The molecule has 3 nitrogen and oxygen atoms in total. The Bertz CT molecular complexity index is 595. The zero-order valence-corrected chi connectivity index (χ0v) is 11.9. The van der Waals surface area contributed by atoms with Gasteiger partial charge in [0, 0.05) is 11.4 Å². The molecule has 0 spiro atoms. The van der Waals surface area contributed by atoms with E-state index in [0.29, 0.717) is 10.6 Å². The van der Waals surface area contributed by atoms with Crippen LogP contribution in [0.3, 0.4) is 0 Å². The molecule has 0 bridgehead atoms. The van der Waals surface area contributed by atoms with Crippen LogP contribution in [0.2, 0.25) is 0 Å². The maximum atomic E-state index is 13.1. The molecule has 2 aromatic rings. The monoisotopic (exact) mass is 280 g/mol. The van der Waals surface area contributed by atoms with Crippen molar-refractivity contribution in [2.75, 3.05) is 0 Å². The summed E-state index contributed by atoms with van der Waals surface area (Å²) in [6.07, 6.45) is 0.854. The predicted molar refractivity (Wildman–Crippen MR) is 73.8 cm³/mol. The van der Waals surface area contributed by atoms with Gasteiger partial charge in [0.25, 0.3) is 0 Å². The first-order valence-electron chi connectivity index (χ1n) is 6.33. The molecule has 5 heteroatoms. The van der Waals surface area contributed by atoms with Gasteiger partial charge in [-0.3, -0.25) is 8.89 Å². The topological polar surface area (TPSA) is 34.9 Å². The molecule has 0 aliphatic rings. The van der Waals surface area contributed by atoms with Gasteiger partial charge in [-0.15, -0.1) is 0 Å². The van der Waals surface area contributed by atoms with Crippen molar-refractivity contribution in [3.63, 3.8) is 0 Å². The van der Waals surface area contributed by atoms with Gasteiger partial charge in [0.15, 0.2) is 0 Å². The van der Waals surface area contributed by atoms with Crippen molar-refractivity contribution in [2.45, 2.75) is 37.5 Å². The standard InChI is InChI=1S/C14H17FN2OS/c1-3-12-9-13(17(4-2)16-12)10-19(18)14-7-5-6-11(15)8-14/h5-9H,3-4,10H2,1-2H3. The van der Waals surface area contributed by atoms with Gasteiger partial charge < -0.3 is 0 Å². The fraction of sp³-hybridized carbons (Fsp3) is 0.357. The van der Waals surface area contributed by atoms with E-state index in [1.54, 1.807) is 12.1 Å². The summed E-state index contributed by atoms with van der Waals surface area (Å²) in [7, 11) is -1.25. The summed E-state index contributed by atoms with van der Waals surface area (Å²) in [5, 5.41) is 4.42. The molecule has 1 atom stereocenters. The Morgan fingerprint density at radius 1 is 1.32 bits per heavy atom. The molecule has 1 unspecified atom stereocenters.